The summed E-state index contributed by atoms with van der Waals surface area (Å²) in [5, 5.41) is 5.44. The maximum absolute atomic E-state index is 12.5. The molecule has 146 valence electrons. The van der Waals surface area contributed by atoms with Gasteiger partial charge >= 0.3 is 5.51 Å². The lowest BCUT2D eigenvalue weighted by molar-refractivity contribution is -0.0328. The van der Waals surface area contributed by atoms with Crippen LogP contribution in [0.4, 0.5) is 19.1 Å². The van der Waals surface area contributed by atoms with E-state index in [0.29, 0.717) is 5.56 Å². The molecule has 0 saturated heterocycles. The van der Waals surface area contributed by atoms with Gasteiger partial charge in [0.15, 0.2) is 0 Å². The molecule has 0 fully saturated rings. The number of thioether (sulfide) groups is 1. The molecular formula is C17H19F3N4O2S. The zero-order valence-electron chi connectivity index (χ0n) is 14.8. The number of carbonyl (C=O) groups excluding carboxylic acids is 1. The van der Waals surface area contributed by atoms with Crippen molar-refractivity contribution in [3.05, 3.63) is 51.9 Å². The van der Waals surface area contributed by atoms with Crippen LogP contribution in [0, 0.1) is 5.92 Å². The van der Waals surface area contributed by atoms with Crippen LogP contribution in [0.5, 0.6) is 0 Å². The molecule has 0 aliphatic heterocycles. The summed E-state index contributed by atoms with van der Waals surface area (Å²) in [6, 6.07) is 6.43. The highest BCUT2D eigenvalue weighted by Gasteiger charge is 2.29. The standard InChI is InChI=1S/C17H19F3N4O2S/c1-9(2)14(10-4-6-11(7-5-10)27-17(18,19)20)24-15(26)12-8-13(25)23-16(21-3)22-12/h4-9,14H,1-3H3,(H,24,26)(H2,21,22,23,25)/t14-/m1/s1. The topological polar surface area (TPSA) is 86.9 Å². The first-order valence-corrected chi connectivity index (χ1v) is 8.86. The fraction of sp³-hybridized carbons (Fsp3) is 0.353. The van der Waals surface area contributed by atoms with E-state index in [0.717, 1.165) is 6.07 Å². The van der Waals surface area contributed by atoms with Gasteiger partial charge in [-0.1, -0.05) is 26.0 Å². The van der Waals surface area contributed by atoms with Crippen LogP contribution in [0.1, 0.15) is 35.9 Å². The molecule has 0 spiro atoms. The minimum atomic E-state index is -4.36. The minimum Gasteiger partial charge on any atom is -0.359 e. The van der Waals surface area contributed by atoms with Crippen LogP contribution < -0.4 is 16.2 Å². The summed E-state index contributed by atoms with van der Waals surface area (Å²) < 4.78 is 37.3. The van der Waals surface area contributed by atoms with Gasteiger partial charge in [0.05, 0.1) is 6.04 Å². The Morgan fingerprint density at radius 1 is 1.22 bits per heavy atom. The molecule has 10 heteroatoms. The van der Waals surface area contributed by atoms with E-state index in [1.165, 1.54) is 12.1 Å². The summed E-state index contributed by atoms with van der Waals surface area (Å²) in [4.78, 5) is 30.6. The fourth-order valence-corrected chi connectivity index (χ4v) is 2.96. The van der Waals surface area contributed by atoms with Gasteiger partial charge in [-0.3, -0.25) is 14.6 Å². The molecule has 3 N–H and O–H groups in total. The SMILES string of the molecule is CNc1nc(C(=O)N[C@@H](c2ccc(SC(F)(F)F)cc2)C(C)C)cc(=O)[nH]1. The van der Waals surface area contributed by atoms with E-state index in [1.807, 2.05) is 13.8 Å². The molecule has 1 aromatic heterocycles. The Labute approximate surface area is 158 Å². The molecule has 0 aliphatic carbocycles. The van der Waals surface area contributed by atoms with Gasteiger partial charge in [-0.05, 0) is 35.4 Å². The Balaban J connectivity index is 2.21. The average Bonchev–Trinajstić information content (AvgIpc) is 2.58. The van der Waals surface area contributed by atoms with Gasteiger partial charge in [-0.15, -0.1) is 0 Å². The second-order valence-electron chi connectivity index (χ2n) is 6.04. The van der Waals surface area contributed by atoms with Gasteiger partial charge in [-0.2, -0.15) is 13.2 Å². The number of halogens is 3. The van der Waals surface area contributed by atoms with Crippen molar-refractivity contribution in [2.75, 3.05) is 12.4 Å². The Bertz CT molecular complexity index is 850. The number of anilines is 1. The largest absolute Gasteiger partial charge is 0.446 e. The molecule has 0 radical (unpaired) electrons. The molecule has 27 heavy (non-hydrogen) atoms. The van der Waals surface area contributed by atoms with Crippen LogP contribution in [-0.2, 0) is 0 Å². The second kappa shape index (κ2) is 8.47. The lowest BCUT2D eigenvalue weighted by Crippen LogP contribution is -2.33. The summed E-state index contributed by atoms with van der Waals surface area (Å²) in [7, 11) is 1.55. The van der Waals surface area contributed by atoms with Gasteiger partial charge < -0.3 is 10.6 Å². The van der Waals surface area contributed by atoms with Crippen molar-refractivity contribution in [3.8, 4) is 0 Å². The number of benzene rings is 1. The number of nitrogens with one attached hydrogen (secondary N) is 3. The molecule has 0 aliphatic rings. The van der Waals surface area contributed by atoms with Crippen LogP contribution in [0.3, 0.4) is 0 Å². The molecule has 0 saturated carbocycles. The summed E-state index contributed by atoms with van der Waals surface area (Å²) in [5.41, 5.74) is -4.24. The number of carbonyl (C=O) groups is 1. The lowest BCUT2D eigenvalue weighted by atomic mass is 9.96. The maximum atomic E-state index is 12.5. The fourth-order valence-electron chi connectivity index (χ4n) is 2.42. The molecule has 1 atom stereocenters. The number of H-pyrrole nitrogens is 1. The first-order chi connectivity index (χ1) is 12.6. The molecule has 1 aromatic carbocycles. The Morgan fingerprint density at radius 3 is 2.37 bits per heavy atom. The highest BCUT2D eigenvalue weighted by atomic mass is 32.2. The van der Waals surface area contributed by atoms with Crippen LogP contribution in [-0.4, -0.2) is 28.4 Å². The number of hydrogen-bond acceptors (Lipinski definition) is 5. The molecule has 0 unspecified atom stereocenters. The van der Waals surface area contributed by atoms with Crippen LogP contribution in [0.25, 0.3) is 0 Å². The Hall–Kier alpha value is -2.49. The van der Waals surface area contributed by atoms with Crippen molar-refractivity contribution >= 4 is 23.6 Å². The number of amides is 1. The monoisotopic (exact) mass is 400 g/mol. The van der Waals surface area contributed by atoms with E-state index in [2.05, 4.69) is 20.6 Å². The van der Waals surface area contributed by atoms with Gasteiger partial charge in [-0.25, -0.2) is 4.98 Å². The van der Waals surface area contributed by atoms with Crippen molar-refractivity contribution in [2.24, 2.45) is 5.92 Å². The van der Waals surface area contributed by atoms with E-state index in [-0.39, 0.29) is 34.2 Å². The van der Waals surface area contributed by atoms with Gasteiger partial charge in [0.1, 0.15) is 5.69 Å². The van der Waals surface area contributed by atoms with E-state index in [4.69, 9.17) is 0 Å². The predicted octanol–water partition coefficient (Wildman–Crippen LogP) is 3.55. The van der Waals surface area contributed by atoms with Crippen molar-refractivity contribution in [2.45, 2.75) is 30.3 Å². The number of hydrogen-bond donors (Lipinski definition) is 3. The van der Waals surface area contributed by atoms with Crippen LogP contribution in [0.15, 0.2) is 40.0 Å². The molecular weight excluding hydrogens is 381 g/mol. The molecule has 6 nitrogen and oxygen atoms in total. The third kappa shape index (κ3) is 6.02. The van der Waals surface area contributed by atoms with Crippen molar-refractivity contribution in [3.63, 3.8) is 0 Å². The second-order valence-corrected chi connectivity index (χ2v) is 7.18. The number of alkyl halides is 3. The third-order valence-electron chi connectivity index (χ3n) is 3.64. The average molecular weight is 400 g/mol. The highest BCUT2D eigenvalue weighted by Crippen LogP contribution is 2.37. The van der Waals surface area contributed by atoms with E-state index < -0.39 is 23.0 Å². The Kier molecular flexibility index (Phi) is 6.53. The van der Waals surface area contributed by atoms with Crippen molar-refractivity contribution in [1.82, 2.24) is 15.3 Å². The highest BCUT2D eigenvalue weighted by molar-refractivity contribution is 8.00. The maximum Gasteiger partial charge on any atom is 0.446 e. The number of aromatic amines is 1. The zero-order chi connectivity index (χ0) is 20.2. The molecule has 0 bridgehead atoms. The summed E-state index contributed by atoms with van der Waals surface area (Å²) >= 11 is -0.196. The quantitative estimate of drug-likeness (QED) is 0.646. The number of rotatable bonds is 6. The number of nitrogens with zero attached hydrogens (tertiary/aromatic N) is 1. The van der Waals surface area contributed by atoms with Gasteiger partial charge in [0.2, 0.25) is 5.95 Å². The lowest BCUT2D eigenvalue weighted by Gasteiger charge is -2.23. The summed E-state index contributed by atoms with van der Waals surface area (Å²) in [6.07, 6.45) is 0. The smallest absolute Gasteiger partial charge is 0.359 e. The van der Waals surface area contributed by atoms with Gasteiger partial charge in [0, 0.05) is 18.0 Å². The summed E-state index contributed by atoms with van der Waals surface area (Å²) in [6.45, 7) is 3.74. The van der Waals surface area contributed by atoms with Crippen molar-refractivity contribution in [1.29, 1.82) is 0 Å². The predicted molar refractivity (Wildman–Crippen MR) is 97.8 cm³/mol. The molecule has 2 rings (SSSR count). The van der Waals surface area contributed by atoms with Crippen LogP contribution >= 0.6 is 11.8 Å². The Morgan fingerprint density at radius 2 is 1.85 bits per heavy atom. The van der Waals surface area contributed by atoms with Crippen molar-refractivity contribution < 1.29 is 18.0 Å². The molecule has 1 heterocycles. The van der Waals surface area contributed by atoms with Gasteiger partial charge in [0.25, 0.3) is 11.5 Å². The minimum absolute atomic E-state index is 0.0409. The third-order valence-corrected chi connectivity index (χ3v) is 4.38. The van der Waals surface area contributed by atoms with Crippen LogP contribution in [0.2, 0.25) is 0 Å². The van der Waals surface area contributed by atoms with E-state index >= 15 is 0 Å². The van der Waals surface area contributed by atoms with E-state index in [9.17, 15) is 22.8 Å². The molecule has 1 amide bonds. The first kappa shape index (κ1) is 20.8. The zero-order valence-corrected chi connectivity index (χ0v) is 15.7. The summed E-state index contributed by atoms with van der Waals surface area (Å²) in [5.74, 6) is -0.437. The normalized spacial score (nSPS) is 12.7. The number of aromatic nitrogens is 2. The molecule has 2 aromatic rings. The van der Waals surface area contributed by atoms with E-state index in [1.54, 1.807) is 19.2 Å². The first-order valence-electron chi connectivity index (χ1n) is 8.04.